The van der Waals surface area contributed by atoms with Gasteiger partial charge in [-0.1, -0.05) is 24.3 Å². The summed E-state index contributed by atoms with van der Waals surface area (Å²) in [4.78, 5) is 17.1. The fraction of sp³-hybridized carbons (Fsp3) is 0.375. The van der Waals surface area contributed by atoms with E-state index in [1.54, 1.807) is 18.4 Å². The van der Waals surface area contributed by atoms with E-state index in [0.29, 0.717) is 13.0 Å². The molecule has 2 aromatic rings. The number of methoxy groups -OCH3 is 1. The van der Waals surface area contributed by atoms with E-state index in [2.05, 4.69) is 4.98 Å². The van der Waals surface area contributed by atoms with E-state index >= 15 is 0 Å². The van der Waals surface area contributed by atoms with E-state index in [4.69, 9.17) is 4.74 Å². The largest absolute Gasteiger partial charge is 0.481 e. The molecule has 0 saturated heterocycles. The summed E-state index contributed by atoms with van der Waals surface area (Å²) < 4.78 is 5.23. The molecule has 110 valence electrons. The van der Waals surface area contributed by atoms with Gasteiger partial charge in [-0.15, -0.1) is 11.3 Å². The van der Waals surface area contributed by atoms with Crippen molar-refractivity contribution in [1.82, 2.24) is 4.98 Å². The Balaban J connectivity index is 2.04. The third kappa shape index (κ3) is 2.71. The zero-order valence-corrected chi connectivity index (χ0v) is 12.7. The van der Waals surface area contributed by atoms with Crippen molar-refractivity contribution >= 4 is 17.3 Å². The Labute approximate surface area is 127 Å². The molecule has 1 aromatic carbocycles. The molecule has 1 heterocycles. The van der Waals surface area contributed by atoms with Crippen molar-refractivity contribution < 1.29 is 14.6 Å². The first-order chi connectivity index (χ1) is 10.2. The molecule has 1 unspecified atom stereocenters. The van der Waals surface area contributed by atoms with Gasteiger partial charge in [0.1, 0.15) is 5.01 Å². The van der Waals surface area contributed by atoms with Gasteiger partial charge in [-0.2, -0.15) is 0 Å². The number of rotatable bonds is 4. The molecule has 1 atom stereocenters. The molecule has 21 heavy (non-hydrogen) atoms. The van der Waals surface area contributed by atoms with E-state index in [1.165, 1.54) is 0 Å². The van der Waals surface area contributed by atoms with Gasteiger partial charge in [-0.3, -0.25) is 4.79 Å². The van der Waals surface area contributed by atoms with Gasteiger partial charge in [0.05, 0.1) is 18.2 Å². The predicted octanol–water partition coefficient (Wildman–Crippen LogP) is 3.46. The second-order valence-corrected chi connectivity index (χ2v) is 6.28. The highest BCUT2D eigenvalue weighted by molar-refractivity contribution is 7.15. The van der Waals surface area contributed by atoms with Gasteiger partial charge in [0.25, 0.3) is 0 Å². The monoisotopic (exact) mass is 303 g/mol. The molecule has 4 nitrogen and oxygen atoms in total. The third-order valence-electron chi connectivity index (χ3n) is 3.80. The Morgan fingerprint density at radius 2 is 2.29 bits per heavy atom. The number of thiazole rings is 1. The molecule has 5 heteroatoms. The Bertz CT molecular complexity index is 665. The Hall–Kier alpha value is -1.72. The number of aliphatic carboxylic acids is 1. The number of nitrogens with zero attached hydrogens (tertiary/aromatic N) is 1. The summed E-state index contributed by atoms with van der Waals surface area (Å²) in [5.74, 6) is -1.22. The molecule has 0 bridgehead atoms. The quantitative estimate of drug-likeness (QED) is 0.939. The average Bonchev–Trinajstić information content (AvgIpc) is 2.91. The fourth-order valence-corrected chi connectivity index (χ4v) is 4.01. The lowest BCUT2D eigenvalue weighted by atomic mass is 9.91. The third-order valence-corrected chi connectivity index (χ3v) is 4.96. The average molecular weight is 303 g/mol. The maximum atomic E-state index is 11.4. The number of aryl methyl sites for hydroxylation is 1. The number of benzene rings is 1. The summed E-state index contributed by atoms with van der Waals surface area (Å²) in [7, 11) is 1.67. The van der Waals surface area contributed by atoms with E-state index in [-0.39, 0.29) is 0 Å². The van der Waals surface area contributed by atoms with Crippen LogP contribution >= 0.6 is 11.3 Å². The summed E-state index contributed by atoms with van der Waals surface area (Å²) in [6.07, 6.45) is 2.54. The smallest absolute Gasteiger partial charge is 0.312 e. The first kappa shape index (κ1) is 14.2. The fourth-order valence-electron chi connectivity index (χ4n) is 2.78. The van der Waals surface area contributed by atoms with Crippen LogP contribution in [0.4, 0.5) is 0 Å². The van der Waals surface area contributed by atoms with E-state index in [9.17, 15) is 9.90 Å². The van der Waals surface area contributed by atoms with Gasteiger partial charge >= 0.3 is 5.97 Å². The second-order valence-electron chi connectivity index (χ2n) is 5.20. The first-order valence-corrected chi connectivity index (χ1v) is 7.82. The summed E-state index contributed by atoms with van der Waals surface area (Å²) in [5.41, 5.74) is 2.89. The minimum Gasteiger partial charge on any atom is -0.481 e. The second kappa shape index (κ2) is 5.95. The Morgan fingerprint density at radius 1 is 1.48 bits per heavy atom. The molecule has 1 aliphatic rings. The van der Waals surface area contributed by atoms with Crippen LogP contribution in [0.15, 0.2) is 24.3 Å². The van der Waals surface area contributed by atoms with Crippen molar-refractivity contribution in [1.29, 1.82) is 0 Å². The van der Waals surface area contributed by atoms with Crippen LogP contribution in [-0.4, -0.2) is 23.2 Å². The molecule has 0 aliphatic heterocycles. The topological polar surface area (TPSA) is 59.4 Å². The molecule has 0 spiro atoms. The van der Waals surface area contributed by atoms with Crippen molar-refractivity contribution in [2.75, 3.05) is 7.11 Å². The number of hydrogen-bond donors (Lipinski definition) is 1. The lowest BCUT2D eigenvalue weighted by Crippen LogP contribution is -2.17. The summed E-state index contributed by atoms with van der Waals surface area (Å²) in [6, 6.07) is 8.00. The predicted molar refractivity (Wildman–Crippen MR) is 81.6 cm³/mol. The van der Waals surface area contributed by atoms with Gasteiger partial charge in [-0.25, -0.2) is 4.98 Å². The van der Waals surface area contributed by atoms with E-state index in [1.807, 2.05) is 24.3 Å². The minimum atomic E-state index is -0.766. The molecule has 0 amide bonds. The lowest BCUT2D eigenvalue weighted by Gasteiger charge is -2.16. The van der Waals surface area contributed by atoms with Crippen molar-refractivity contribution in [3.8, 4) is 10.6 Å². The van der Waals surface area contributed by atoms with Gasteiger partial charge in [0.2, 0.25) is 0 Å². The molecule has 1 aliphatic carbocycles. The van der Waals surface area contributed by atoms with Gasteiger partial charge in [0.15, 0.2) is 0 Å². The standard InChI is InChI=1S/C16H17NO3S/c1-20-9-10-5-2-3-6-11(10)15-17-14-12(16(18)19)7-4-8-13(14)21-15/h2-3,5-6,12H,4,7-9H2,1H3,(H,18,19). The van der Waals surface area contributed by atoms with Crippen molar-refractivity contribution in [2.45, 2.75) is 31.8 Å². The first-order valence-electron chi connectivity index (χ1n) is 7.00. The highest BCUT2D eigenvalue weighted by Gasteiger charge is 2.30. The lowest BCUT2D eigenvalue weighted by molar-refractivity contribution is -0.139. The number of carboxylic acid groups (broad SMARTS) is 1. The van der Waals surface area contributed by atoms with Gasteiger partial charge in [0, 0.05) is 17.6 Å². The van der Waals surface area contributed by atoms with Crippen LogP contribution in [0.2, 0.25) is 0 Å². The summed E-state index contributed by atoms with van der Waals surface area (Å²) in [5, 5.41) is 10.3. The summed E-state index contributed by atoms with van der Waals surface area (Å²) >= 11 is 1.62. The van der Waals surface area contributed by atoms with Crippen molar-refractivity contribution in [3.05, 3.63) is 40.4 Å². The number of ether oxygens (including phenoxy) is 1. The number of carboxylic acids is 1. The maximum Gasteiger partial charge on any atom is 0.312 e. The van der Waals surface area contributed by atoms with Crippen LogP contribution in [0.1, 0.15) is 34.9 Å². The van der Waals surface area contributed by atoms with Crippen LogP contribution < -0.4 is 0 Å². The van der Waals surface area contributed by atoms with E-state index < -0.39 is 11.9 Å². The maximum absolute atomic E-state index is 11.4. The van der Waals surface area contributed by atoms with Gasteiger partial charge in [-0.05, 0) is 24.8 Å². The number of carbonyl (C=O) groups is 1. The molecule has 0 saturated carbocycles. The number of fused-ring (bicyclic) bond motifs is 1. The van der Waals surface area contributed by atoms with Crippen molar-refractivity contribution in [2.24, 2.45) is 0 Å². The molecule has 0 fully saturated rings. The number of aromatic nitrogens is 1. The molecule has 0 radical (unpaired) electrons. The normalized spacial score (nSPS) is 17.5. The SMILES string of the molecule is COCc1ccccc1-c1nc2c(s1)CCCC2C(=O)O. The zero-order chi connectivity index (χ0) is 14.8. The van der Waals surface area contributed by atoms with Crippen LogP contribution in [-0.2, 0) is 22.6 Å². The van der Waals surface area contributed by atoms with Crippen LogP contribution in [0.25, 0.3) is 10.6 Å². The van der Waals surface area contributed by atoms with Crippen molar-refractivity contribution in [3.63, 3.8) is 0 Å². The molecule has 1 aromatic heterocycles. The molecule has 1 N–H and O–H groups in total. The van der Waals surface area contributed by atoms with Crippen LogP contribution in [0, 0.1) is 0 Å². The highest BCUT2D eigenvalue weighted by Crippen LogP contribution is 2.39. The van der Waals surface area contributed by atoms with E-state index in [0.717, 1.165) is 39.5 Å². The van der Waals surface area contributed by atoms with Crippen LogP contribution in [0.5, 0.6) is 0 Å². The Morgan fingerprint density at radius 3 is 3.05 bits per heavy atom. The number of hydrogen-bond acceptors (Lipinski definition) is 4. The molecular weight excluding hydrogens is 286 g/mol. The molecule has 3 rings (SSSR count). The van der Waals surface area contributed by atoms with Gasteiger partial charge < -0.3 is 9.84 Å². The summed E-state index contributed by atoms with van der Waals surface area (Å²) in [6.45, 7) is 0.531. The minimum absolute atomic E-state index is 0.451. The molecular formula is C16H17NO3S. The zero-order valence-electron chi connectivity index (χ0n) is 11.8. The Kier molecular flexibility index (Phi) is 4.03. The van der Waals surface area contributed by atoms with Crippen LogP contribution in [0.3, 0.4) is 0 Å². The highest BCUT2D eigenvalue weighted by atomic mass is 32.1.